The maximum absolute atomic E-state index is 11.7. The molecule has 0 aromatic carbocycles. The molecule has 7 nitrogen and oxygen atoms in total. The zero-order valence-electron chi connectivity index (χ0n) is 14.2. The first kappa shape index (κ1) is 17.6. The molecule has 0 atom stereocenters. The van der Waals surface area contributed by atoms with Crippen molar-refractivity contribution in [3.05, 3.63) is 33.1 Å². The summed E-state index contributed by atoms with van der Waals surface area (Å²) in [4.78, 5) is 23.7. The second-order valence-corrected chi connectivity index (χ2v) is 6.92. The fourth-order valence-electron chi connectivity index (χ4n) is 2.96. The SMILES string of the molecule is Cc1[nH]c(=O)c(C#N)cc1-c1csc(N2CCN(CCCO)CC2)n1. The van der Waals surface area contributed by atoms with Crippen LogP contribution < -0.4 is 10.5 Å². The van der Waals surface area contributed by atoms with Crippen LogP contribution in [0.2, 0.25) is 0 Å². The van der Waals surface area contributed by atoms with Crippen molar-refractivity contribution in [2.45, 2.75) is 13.3 Å². The van der Waals surface area contributed by atoms with Gasteiger partial charge in [-0.1, -0.05) is 0 Å². The molecule has 25 heavy (non-hydrogen) atoms. The maximum Gasteiger partial charge on any atom is 0.266 e. The quantitative estimate of drug-likeness (QED) is 0.832. The highest BCUT2D eigenvalue weighted by molar-refractivity contribution is 7.14. The van der Waals surface area contributed by atoms with E-state index in [1.807, 2.05) is 18.4 Å². The number of aromatic nitrogens is 2. The van der Waals surface area contributed by atoms with E-state index in [2.05, 4.69) is 14.8 Å². The Morgan fingerprint density at radius 1 is 1.40 bits per heavy atom. The monoisotopic (exact) mass is 359 g/mol. The Kier molecular flexibility index (Phi) is 5.48. The molecule has 2 aromatic rings. The third kappa shape index (κ3) is 3.90. The molecular weight excluding hydrogens is 338 g/mol. The van der Waals surface area contributed by atoms with E-state index >= 15 is 0 Å². The Bertz CT molecular complexity index is 830. The van der Waals surface area contributed by atoms with Gasteiger partial charge in [0.25, 0.3) is 5.56 Å². The lowest BCUT2D eigenvalue weighted by molar-refractivity contribution is 0.216. The lowest BCUT2D eigenvalue weighted by Gasteiger charge is -2.34. The van der Waals surface area contributed by atoms with Gasteiger partial charge in [0.2, 0.25) is 0 Å². The van der Waals surface area contributed by atoms with Crippen molar-refractivity contribution in [2.75, 3.05) is 44.2 Å². The molecule has 132 valence electrons. The van der Waals surface area contributed by atoms with Crippen molar-refractivity contribution in [3.63, 3.8) is 0 Å². The number of nitriles is 1. The number of nitrogens with zero attached hydrogens (tertiary/aromatic N) is 4. The van der Waals surface area contributed by atoms with Gasteiger partial charge >= 0.3 is 0 Å². The van der Waals surface area contributed by atoms with E-state index in [4.69, 9.17) is 15.4 Å². The largest absolute Gasteiger partial charge is 0.396 e. The van der Waals surface area contributed by atoms with Crippen LogP contribution in [0.25, 0.3) is 11.3 Å². The lowest BCUT2D eigenvalue weighted by Crippen LogP contribution is -2.46. The molecule has 0 bridgehead atoms. The van der Waals surface area contributed by atoms with Gasteiger partial charge in [0.15, 0.2) is 5.13 Å². The van der Waals surface area contributed by atoms with Crippen LogP contribution in [-0.4, -0.2) is 59.3 Å². The molecule has 3 heterocycles. The number of hydrogen-bond donors (Lipinski definition) is 2. The van der Waals surface area contributed by atoms with Crippen LogP contribution in [0.15, 0.2) is 16.2 Å². The number of aliphatic hydroxyl groups is 1. The van der Waals surface area contributed by atoms with E-state index in [0.29, 0.717) is 0 Å². The van der Waals surface area contributed by atoms with E-state index in [-0.39, 0.29) is 17.7 Å². The molecule has 2 aromatic heterocycles. The molecule has 1 saturated heterocycles. The van der Waals surface area contributed by atoms with Gasteiger partial charge in [0.05, 0.1) is 5.69 Å². The smallest absolute Gasteiger partial charge is 0.266 e. The highest BCUT2D eigenvalue weighted by atomic mass is 32.1. The number of aryl methyl sites for hydroxylation is 1. The average molecular weight is 359 g/mol. The topological polar surface area (TPSA) is 96.2 Å². The molecule has 0 unspecified atom stereocenters. The minimum atomic E-state index is -0.363. The number of thiazole rings is 1. The van der Waals surface area contributed by atoms with Gasteiger partial charge in [-0.3, -0.25) is 9.69 Å². The first-order chi connectivity index (χ1) is 12.1. The van der Waals surface area contributed by atoms with E-state index in [1.165, 1.54) is 0 Å². The van der Waals surface area contributed by atoms with Gasteiger partial charge in [-0.2, -0.15) is 5.26 Å². The van der Waals surface area contributed by atoms with E-state index in [0.717, 1.165) is 61.2 Å². The van der Waals surface area contributed by atoms with E-state index < -0.39 is 0 Å². The molecule has 1 aliphatic rings. The summed E-state index contributed by atoms with van der Waals surface area (Å²) in [6.07, 6.45) is 0.814. The van der Waals surface area contributed by atoms with Crippen molar-refractivity contribution < 1.29 is 5.11 Å². The summed E-state index contributed by atoms with van der Waals surface area (Å²) >= 11 is 1.58. The van der Waals surface area contributed by atoms with Crippen LogP contribution in [0.3, 0.4) is 0 Å². The molecule has 0 spiro atoms. The van der Waals surface area contributed by atoms with Crippen LogP contribution in [0, 0.1) is 18.3 Å². The Morgan fingerprint density at radius 2 is 2.16 bits per heavy atom. The summed E-state index contributed by atoms with van der Waals surface area (Å²) in [5.41, 5.74) is 2.04. The summed E-state index contributed by atoms with van der Waals surface area (Å²) < 4.78 is 0. The summed E-state index contributed by atoms with van der Waals surface area (Å²) in [6.45, 7) is 6.73. The minimum Gasteiger partial charge on any atom is -0.396 e. The molecular formula is C17H21N5O2S. The minimum absolute atomic E-state index is 0.104. The number of hydrogen-bond acceptors (Lipinski definition) is 7. The van der Waals surface area contributed by atoms with Gasteiger partial charge in [-0.25, -0.2) is 4.98 Å². The van der Waals surface area contributed by atoms with Crippen molar-refractivity contribution in [1.29, 1.82) is 5.26 Å². The maximum atomic E-state index is 11.7. The first-order valence-corrected chi connectivity index (χ1v) is 9.18. The number of H-pyrrole nitrogens is 1. The van der Waals surface area contributed by atoms with Gasteiger partial charge in [0.1, 0.15) is 11.6 Å². The predicted molar refractivity (Wildman–Crippen MR) is 98.0 cm³/mol. The van der Waals surface area contributed by atoms with Gasteiger partial charge < -0.3 is 15.0 Å². The Balaban J connectivity index is 1.74. The molecule has 1 aliphatic heterocycles. The standard InChI is InChI=1S/C17H21N5O2S/c1-12-14(9-13(10-18)16(24)19-12)15-11-25-17(20-15)22-6-4-21(5-7-22)3-2-8-23/h9,11,23H,2-8H2,1H3,(H,19,24). The second kappa shape index (κ2) is 7.78. The van der Waals surface area contributed by atoms with Crippen molar-refractivity contribution in [1.82, 2.24) is 14.9 Å². The molecule has 2 N–H and O–H groups in total. The Labute approximate surface area is 150 Å². The highest BCUT2D eigenvalue weighted by Crippen LogP contribution is 2.29. The summed E-state index contributed by atoms with van der Waals surface area (Å²) in [5.74, 6) is 0. The van der Waals surface area contributed by atoms with Gasteiger partial charge in [0, 0.05) is 56.0 Å². The van der Waals surface area contributed by atoms with Gasteiger partial charge in [-0.05, 0) is 19.4 Å². The van der Waals surface area contributed by atoms with Crippen LogP contribution in [0.1, 0.15) is 17.7 Å². The number of pyridine rings is 1. The average Bonchev–Trinajstić information content (AvgIpc) is 3.10. The van der Waals surface area contributed by atoms with Crippen LogP contribution >= 0.6 is 11.3 Å². The molecule has 1 fully saturated rings. The Morgan fingerprint density at radius 3 is 2.84 bits per heavy atom. The number of rotatable bonds is 5. The number of piperazine rings is 1. The van der Waals surface area contributed by atoms with Crippen LogP contribution in [-0.2, 0) is 0 Å². The highest BCUT2D eigenvalue weighted by Gasteiger charge is 2.20. The predicted octanol–water partition coefficient (Wildman–Crippen LogP) is 1.18. The van der Waals surface area contributed by atoms with Crippen molar-refractivity contribution in [3.8, 4) is 17.3 Å². The fraction of sp³-hybridized carbons (Fsp3) is 0.471. The normalized spacial score (nSPS) is 15.3. The van der Waals surface area contributed by atoms with Crippen molar-refractivity contribution >= 4 is 16.5 Å². The third-order valence-corrected chi connectivity index (χ3v) is 5.30. The summed E-state index contributed by atoms with van der Waals surface area (Å²) in [7, 11) is 0. The summed E-state index contributed by atoms with van der Waals surface area (Å²) in [5, 5.41) is 20.9. The number of aliphatic hydroxyl groups excluding tert-OH is 1. The van der Waals surface area contributed by atoms with Gasteiger partial charge in [-0.15, -0.1) is 11.3 Å². The Hall–Kier alpha value is -2.21. The fourth-order valence-corrected chi connectivity index (χ4v) is 3.84. The van der Waals surface area contributed by atoms with E-state index in [9.17, 15) is 4.79 Å². The molecule has 0 radical (unpaired) electrons. The van der Waals surface area contributed by atoms with Crippen molar-refractivity contribution in [2.24, 2.45) is 0 Å². The molecule has 0 saturated carbocycles. The number of aromatic amines is 1. The zero-order valence-corrected chi connectivity index (χ0v) is 15.0. The second-order valence-electron chi connectivity index (χ2n) is 6.08. The number of nitrogens with one attached hydrogen (secondary N) is 1. The van der Waals surface area contributed by atoms with Crippen LogP contribution in [0.4, 0.5) is 5.13 Å². The summed E-state index contributed by atoms with van der Waals surface area (Å²) in [6, 6.07) is 3.53. The molecule has 0 aliphatic carbocycles. The molecule has 0 amide bonds. The molecule has 8 heteroatoms. The molecule has 3 rings (SSSR count). The lowest BCUT2D eigenvalue weighted by atomic mass is 10.1. The number of anilines is 1. The van der Waals surface area contributed by atoms with E-state index in [1.54, 1.807) is 17.4 Å². The van der Waals surface area contributed by atoms with Crippen LogP contribution in [0.5, 0.6) is 0 Å². The first-order valence-electron chi connectivity index (χ1n) is 8.30. The third-order valence-electron chi connectivity index (χ3n) is 4.40. The zero-order chi connectivity index (χ0) is 17.8.